The molecule has 1 saturated heterocycles. The topological polar surface area (TPSA) is 96.1 Å². The van der Waals surface area contributed by atoms with Crippen LogP contribution in [0.5, 0.6) is 0 Å². The molecule has 0 aromatic heterocycles. The highest BCUT2D eigenvalue weighted by atomic mass is 16.1. The van der Waals surface area contributed by atoms with E-state index in [-0.39, 0.29) is 11.8 Å². The average Bonchev–Trinajstić information content (AvgIpc) is 2.79. The number of nitrogen functional groups attached to an aromatic ring is 1. The summed E-state index contributed by atoms with van der Waals surface area (Å²) in [5.74, 6) is -0.360. The Balaban J connectivity index is 2.20. The Morgan fingerprint density at radius 1 is 1.53 bits per heavy atom. The zero-order valence-electron chi connectivity index (χ0n) is 9.39. The van der Waals surface area contributed by atoms with Crippen molar-refractivity contribution in [1.29, 1.82) is 5.26 Å². The van der Waals surface area contributed by atoms with E-state index in [2.05, 4.69) is 4.90 Å². The van der Waals surface area contributed by atoms with Crippen molar-refractivity contribution in [2.24, 2.45) is 11.7 Å². The van der Waals surface area contributed by atoms with E-state index < -0.39 is 0 Å². The van der Waals surface area contributed by atoms with Gasteiger partial charge in [-0.2, -0.15) is 5.26 Å². The van der Waals surface area contributed by atoms with Crippen LogP contribution in [0.4, 0.5) is 11.4 Å². The fraction of sp³-hybridized carbons (Fsp3) is 0.333. The van der Waals surface area contributed by atoms with E-state index in [1.165, 1.54) is 0 Å². The van der Waals surface area contributed by atoms with Gasteiger partial charge < -0.3 is 16.4 Å². The Bertz CT molecular complexity index is 492. The Hall–Kier alpha value is -2.22. The van der Waals surface area contributed by atoms with Crippen molar-refractivity contribution in [2.45, 2.75) is 6.42 Å². The number of rotatable bonds is 2. The molecule has 0 aliphatic carbocycles. The average molecular weight is 230 g/mol. The second-order valence-electron chi connectivity index (χ2n) is 4.22. The van der Waals surface area contributed by atoms with Crippen LogP contribution >= 0.6 is 0 Å². The first-order valence-corrected chi connectivity index (χ1v) is 5.45. The van der Waals surface area contributed by atoms with Crippen LogP contribution in [0, 0.1) is 17.2 Å². The van der Waals surface area contributed by atoms with Crippen molar-refractivity contribution in [3.05, 3.63) is 23.8 Å². The molecular formula is C12H14N4O. The van der Waals surface area contributed by atoms with Crippen molar-refractivity contribution < 1.29 is 4.79 Å². The maximum absolute atomic E-state index is 11.1. The van der Waals surface area contributed by atoms with Gasteiger partial charge in [0.15, 0.2) is 0 Å². The van der Waals surface area contributed by atoms with Gasteiger partial charge in [0.05, 0.1) is 11.5 Å². The number of primary amides is 1. The highest BCUT2D eigenvalue weighted by molar-refractivity contribution is 5.78. The van der Waals surface area contributed by atoms with Gasteiger partial charge >= 0.3 is 0 Å². The minimum absolute atomic E-state index is 0.0990. The molecule has 88 valence electrons. The number of hydrogen-bond donors (Lipinski definition) is 2. The molecule has 1 atom stereocenters. The minimum Gasteiger partial charge on any atom is -0.398 e. The van der Waals surface area contributed by atoms with Gasteiger partial charge in [-0.1, -0.05) is 0 Å². The van der Waals surface area contributed by atoms with Crippen LogP contribution in [0.25, 0.3) is 0 Å². The van der Waals surface area contributed by atoms with E-state index in [1.807, 2.05) is 12.1 Å². The van der Waals surface area contributed by atoms with E-state index in [9.17, 15) is 4.79 Å². The van der Waals surface area contributed by atoms with E-state index in [0.29, 0.717) is 17.8 Å². The fourth-order valence-corrected chi connectivity index (χ4v) is 2.06. The van der Waals surface area contributed by atoms with Gasteiger partial charge in [0, 0.05) is 24.5 Å². The van der Waals surface area contributed by atoms with Crippen LogP contribution in [0.15, 0.2) is 18.2 Å². The molecule has 1 heterocycles. The number of anilines is 2. The molecule has 0 saturated carbocycles. The van der Waals surface area contributed by atoms with Crippen molar-refractivity contribution in [2.75, 3.05) is 23.7 Å². The first kappa shape index (κ1) is 11.3. The standard InChI is InChI=1S/C12H14N4O/c13-6-9-5-10(1-2-11(9)14)16-4-3-8(7-16)12(15)17/h1-2,5,8H,3-4,7,14H2,(H2,15,17). The highest BCUT2D eigenvalue weighted by Gasteiger charge is 2.26. The number of nitrogens with zero attached hydrogens (tertiary/aromatic N) is 2. The van der Waals surface area contributed by atoms with Gasteiger partial charge in [-0.15, -0.1) is 0 Å². The molecule has 5 nitrogen and oxygen atoms in total. The zero-order valence-corrected chi connectivity index (χ0v) is 9.39. The maximum atomic E-state index is 11.1. The molecule has 4 N–H and O–H groups in total. The normalized spacial score (nSPS) is 19.0. The summed E-state index contributed by atoms with van der Waals surface area (Å²) >= 11 is 0. The second kappa shape index (κ2) is 4.34. The summed E-state index contributed by atoms with van der Waals surface area (Å²) in [6.45, 7) is 1.40. The van der Waals surface area contributed by atoms with Gasteiger partial charge in [-0.3, -0.25) is 4.79 Å². The fourth-order valence-electron chi connectivity index (χ4n) is 2.06. The summed E-state index contributed by atoms with van der Waals surface area (Å²) in [6.07, 6.45) is 0.765. The quantitative estimate of drug-likeness (QED) is 0.721. The molecule has 1 aliphatic heterocycles. The SMILES string of the molecule is N#Cc1cc(N2CCC(C(N)=O)C2)ccc1N. The predicted octanol–water partition coefficient (Wildman–Crippen LogP) is 0.452. The maximum Gasteiger partial charge on any atom is 0.222 e. The Kier molecular flexibility index (Phi) is 2.88. The zero-order chi connectivity index (χ0) is 12.4. The lowest BCUT2D eigenvalue weighted by Gasteiger charge is -2.18. The van der Waals surface area contributed by atoms with Crippen molar-refractivity contribution in [1.82, 2.24) is 0 Å². The number of hydrogen-bond acceptors (Lipinski definition) is 4. The Morgan fingerprint density at radius 2 is 2.29 bits per heavy atom. The van der Waals surface area contributed by atoms with Crippen molar-refractivity contribution >= 4 is 17.3 Å². The van der Waals surface area contributed by atoms with Gasteiger partial charge in [-0.25, -0.2) is 0 Å². The number of carbonyl (C=O) groups excluding carboxylic acids is 1. The first-order chi connectivity index (χ1) is 8.11. The summed E-state index contributed by atoms with van der Waals surface area (Å²) in [7, 11) is 0. The summed E-state index contributed by atoms with van der Waals surface area (Å²) in [6, 6.07) is 7.37. The number of nitrogens with two attached hydrogens (primary N) is 2. The molecule has 17 heavy (non-hydrogen) atoms. The summed E-state index contributed by atoms with van der Waals surface area (Å²) in [4.78, 5) is 13.1. The second-order valence-corrected chi connectivity index (χ2v) is 4.22. The van der Waals surface area contributed by atoms with E-state index in [1.54, 1.807) is 12.1 Å². The third kappa shape index (κ3) is 2.16. The molecule has 0 bridgehead atoms. The molecule has 1 aromatic rings. The summed E-state index contributed by atoms with van der Waals surface area (Å²) in [5, 5.41) is 8.90. The van der Waals surface area contributed by atoms with Crippen LogP contribution in [-0.4, -0.2) is 19.0 Å². The molecule has 1 unspecified atom stereocenters. The highest BCUT2D eigenvalue weighted by Crippen LogP contribution is 2.26. The number of benzene rings is 1. The molecule has 0 spiro atoms. The minimum atomic E-state index is -0.261. The summed E-state index contributed by atoms with van der Waals surface area (Å²) < 4.78 is 0. The van der Waals surface area contributed by atoms with Crippen LogP contribution < -0.4 is 16.4 Å². The molecule has 2 rings (SSSR count). The molecule has 5 heteroatoms. The molecule has 1 aromatic carbocycles. The molecule has 0 radical (unpaired) electrons. The van der Waals surface area contributed by atoms with Gasteiger partial charge in [0.2, 0.25) is 5.91 Å². The van der Waals surface area contributed by atoms with Crippen LogP contribution in [-0.2, 0) is 4.79 Å². The molecule has 1 amide bonds. The van der Waals surface area contributed by atoms with E-state index >= 15 is 0 Å². The largest absolute Gasteiger partial charge is 0.398 e. The summed E-state index contributed by atoms with van der Waals surface area (Å²) in [5.41, 5.74) is 12.8. The third-order valence-corrected chi connectivity index (χ3v) is 3.11. The van der Waals surface area contributed by atoms with Gasteiger partial charge in [-0.05, 0) is 24.6 Å². The van der Waals surface area contributed by atoms with Crippen molar-refractivity contribution in [3.8, 4) is 6.07 Å². The lowest BCUT2D eigenvalue weighted by atomic mass is 10.1. The van der Waals surface area contributed by atoms with Crippen LogP contribution in [0.2, 0.25) is 0 Å². The number of nitriles is 1. The molecular weight excluding hydrogens is 216 g/mol. The third-order valence-electron chi connectivity index (χ3n) is 3.11. The number of amides is 1. The lowest BCUT2D eigenvalue weighted by Crippen LogP contribution is -2.27. The van der Waals surface area contributed by atoms with Gasteiger partial charge in [0.1, 0.15) is 6.07 Å². The number of carbonyl (C=O) groups is 1. The van der Waals surface area contributed by atoms with Crippen molar-refractivity contribution in [3.63, 3.8) is 0 Å². The molecule has 1 fully saturated rings. The van der Waals surface area contributed by atoms with E-state index in [0.717, 1.165) is 18.7 Å². The van der Waals surface area contributed by atoms with Crippen LogP contribution in [0.3, 0.4) is 0 Å². The monoisotopic (exact) mass is 230 g/mol. The van der Waals surface area contributed by atoms with Crippen LogP contribution in [0.1, 0.15) is 12.0 Å². The first-order valence-electron chi connectivity index (χ1n) is 5.45. The van der Waals surface area contributed by atoms with E-state index in [4.69, 9.17) is 16.7 Å². The lowest BCUT2D eigenvalue weighted by molar-refractivity contribution is -0.121. The van der Waals surface area contributed by atoms with Gasteiger partial charge in [0.25, 0.3) is 0 Å². The smallest absolute Gasteiger partial charge is 0.222 e. The Labute approximate surface area is 99.6 Å². The predicted molar refractivity (Wildman–Crippen MR) is 65.1 cm³/mol. The Morgan fingerprint density at radius 3 is 2.88 bits per heavy atom. The molecule has 1 aliphatic rings.